The largest absolute Gasteiger partial charge is 0.360 e. The summed E-state index contributed by atoms with van der Waals surface area (Å²) in [5.41, 5.74) is 0.772. The molecule has 0 radical (unpaired) electrons. The molecule has 3 aromatic heterocycles. The highest BCUT2D eigenvalue weighted by Gasteiger charge is 2.18. The molecule has 0 saturated heterocycles. The van der Waals surface area contributed by atoms with Crippen LogP contribution in [0.25, 0.3) is 22.4 Å². The van der Waals surface area contributed by atoms with Gasteiger partial charge in [-0.25, -0.2) is 0 Å². The molecule has 3 heterocycles. The van der Waals surface area contributed by atoms with Crippen molar-refractivity contribution >= 4 is 22.6 Å². The maximum absolute atomic E-state index is 12.8. The molecule has 29 heavy (non-hydrogen) atoms. The molecule has 4 aromatic rings. The SMILES string of the molecule is Cc1cc(NC(=O)Cn2c(=O)cc(-c3nc(C(C)C)no3)c3ccccc32)no1. The smallest absolute Gasteiger partial charge is 0.258 e. The summed E-state index contributed by atoms with van der Waals surface area (Å²) in [4.78, 5) is 29.6. The molecule has 1 amide bonds. The summed E-state index contributed by atoms with van der Waals surface area (Å²) in [6, 6.07) is 10.3. The number of aromatic nitrogens is 4. The van der Waals surface area contributed by atoms with E-state index in [2.05, 4.69) is 20.6 Å². The van der Waals surface area contributed by atoms with E-state index in [9.17, 15) is 9.59 Å². The third-order valence-electron chi connectivity index (χ3n) is 4.40. The first kappa shape index (κ1) is 18.6. The zero-order valence-corrected chi connectivity index (χ0v) is 16.2. The summed E-state index contributed by atoms with van der Waals surface area (Å²) < 4.78 is 11.7. The number of anilines is 1. The predicted octanol–water partition coefficient (Wildman–Crippen LogP) is 3.11. The van der Waals surface area contributed by atoms with Crippen LogP contribution in [0, 0.1) is 6.92 Å². The number of para-hydroxylation sites is 1. The van der Waals surface area contributed by atoms with Crippen molar-refractivity contribution in [2.45, 2.75) is 33.2 Å². The Morgan fingerprint density at radius 3 is 2.66 bits per heavy atom. The normalized spacial score (nSPS) is 11.3. The van der Waals surface area contributed by atoms with E-state index in [0.29, 0.717) is 28.5 Å². The number of fused-ring (bicyclic) bond motifs is 1. The third-order valence-corrected chi connectivity index (χ3v) is 4.40. The predicted molar refractivity (Wildman–Crippen MR) is 105 cm³/mol. The maximum Gasteiger partial charge on any atom is 0.258 e. The molecule has 4 rings (SSSR count). The number of hydrogen-bond donors (Lipinski definition) is 1. The number of carbonyl (C=O) groups is 1. The van der Waals surface area contributed by atoms with Crippen LogP contribution in [0.1, 0.15) is 31.4 Å². The lowest BCUT2D eigenvalue weighted by Crippen LogP contribution is -2.27. The summed E-state index contributed by atoms with van der Waals surface area (Å²) in [6.07, 6.45) is 0. The molecule has 1 N–H and O–H groups in total. The standard InChI is InChI=1S/C20H19N5O4/c1-11(2)19-22-20(29-24-19)14-9-18(27)25(15-7-5-4-6-13(14)15)10-17(26)21-16-8-12(3)28-23-16/h4-9,11H,10H2,1-3H3,(H,21,23,26). The Balaban J connectivity index is 1.73. The van der Waals surface area contributed by atoms with Crippen molar-refractivity contribution in [2.24, 2.45) is 0 Å². The van der Waals surface area contributed by atoms with Crippen molar-refractivity contribution in [3.05, 3.63) is 58.3 Å². The van der Waals surface area contributed by atoms with Crippen LogP contribution in [0.3, 0.4) is 0 Å². The van der Waals surface area contributed by atoms with E-state index in [1.807, 2.05) is 26.0 Å². The van der Waals surface area contributed by atoms with Gasteiger partial charge in [0, 0.05) is 23.4 Å². The van der Waals surface area contributed by atoms with Crippen LogP contribution in [0.5, 0.6) is 0 Å². The fourth-order valence-electron chi connectivity index (χ4n) is 3.00. The summed E-state index contributed by atoms with van der Waals surface area (Å²) in [6.45, 7) is 5.47. The van der Waals surface area contributed by atoms with Crippen molar-refractivity contribution < 1.29 is 13.8 Å². The zero-order chi connectivity index (χ0) is 20.5. The van der Waals surface area contributed by atoms with Crippen LogP contribution in [-0.2, 0) is 11.3 Å². The number of nitrogens with zero attached hydrogens (tertiary/aromatic N) is 4. The molecular formula is C20H19N5O4. The second-order valence-corrected chi connectivity index (χ2v) is 6.98. The number of nitrogens with one attached hydrogen (secondary N) is 1. The summed E-state index contributed by atoms with van der Waals surface area (Å²) >= 11 is 0. The lowest BCUT2D eigenvalue weighted by Gasteiger charge is -2.11. The van der Waals surface area contributed by atoms with Gasteiger partial charge >= 0.3 is 0 Å². The van der Waals surface area contributed by atoms with Gasteiger partial charge in [0.25, 0.3) is 11.4 Å². The number of rotatable bonds is 5. The van der Waals surface area contributed by atoms with E-state index in [-0.39, 0.29) is 23.9 Å². The van der Waals surface area contributed by atoms with Gasteiger partial charge in [-0.1, -0.05) is 42.4 Å². The topological polar surface area (TPSA) is 116 Å². The molecule has 0 fully saturated rings. The maximum atomic E-state index is 12.8. The van der Waals surface area contributed by atoms with E-state index in [1.54, 1.807) is 25.1 Å². The van der Waals surface area contributed by atoms with Gasteiger partial charge in [-0.05, 0) is 13.0 Å². The number of benzene rings is 1. The molecule has 9 heteroatoms. The first-order valence-corrected chi connectivity index (χ1v) is 9.12. The van der Waals surface area contributed by atoms with E-state index in [4.69, 9.17) is 9.05 Å². The number of hydrogen-bond acceptors (Lipinski definition) is 7. The molecule has 0 aliphatic heterocycles. The molecule has 9 nitrogen and oxygen atoms in total. The first-order valence-electron chi connectivity index (χ1n) is 9.12. The van der Waals surface area contributed by atoms with Crippen LogP contribution < -0.4 is 10.9 Å². The molecule has 0 aliphatic carbocycles. The zero-order valence-electron chi connectivity index (χ0n) is 16.2. The Kier molecular flexibility index (Phi) is 4.71. The Morgan fingerprint density at radius 2 is 1.97 bits per heavy atom. The molecule has 1 aromatic carbocycles. The van der Waals surface area contributed by atoms with Crippen molar-refractivity contribution in [1.82, 2.24) is 19.9 Å². The summed E-state index contributed by atoms with van der Waals surface area (Å²) in [7, 11) is 0. The lowest BCUT2D eigenvalue weighted by molar-refractivity contribution is -0.116. The molecule has 0 unspecified atom stereocenters. The fourth-order valence-corrected chi connectivity index (χ4v) is 3.00. The van der Waals surface area contributed by atoms with Crippen LogP contribution in [0.15, 0.2) is 50.2 Å². The third kappa shape index (κ3) is 3.66. The Labute approximate surface area is 165 Å². The Hall–Kier alpha value is -3.75. The quantitative estimate of drug-likeness (QED) is 0.554. The highest BCUT2D eigenvalue weighted by Crippen LogP contribution is 2.27. The minimum Gasteiger partial charge on any atom is -0.360 e. The average Bonchev–Trinajstić information content (AvgIpc) is 3.33. The second-order valence-electron chi connectivity index (χ2n) is 6.98. The summed E-state index contributed by atoms with van der Waals surface area (Å²) in [5.74, 6) is 1.43. The monoisotopic (exact) mass is 393 g/mol. The first-order chi connectivity index (χ1) is 13.9. The molecule has 0 aliphatic rings. The molecule has 148 valence electrons. The number of carbonyl (C=O) groups excluding carboxylic acids is 1. The van der Waals surface area contributed by atoms with Gasteiger partial charge in [0.05, 0.1) is 11.1 Å². The Morgan fingerprint density at radius 1 is 1.17 bits per heavy atom. The van der Waals surface area contributed by atoms with Gasteiger partial charge in [0.2, 0.25) is 5.91 Å². The summed E-state index contributed by atoms with van der Waals surface area (Å²) in [5, 5.41) is 11.1. The number of pyridine rings is 1. The van der Waals surface area contributed by atoms with Gasteiger partial charge in [-0.3, -0.25) is 14.2 Å². The van der Waals surface area contributed by atoms with E-state index >= 15 is 0 Å². The number of amides is 1. The van der Waals surface area contributed by atoms with Crippen LogP contribution in [0.4, 0.5) is 5.82 Å². The van der Waals surface area contributed by atoms with E-state index < -0.39 is 5.91 Å². The van der Waals surface area contributed by atoms with E-state index in [1.165, 1.54) is 10.6 Å². The van der Waals surface area contributed by atoms with Gasteiger partial charge < -0.3 is 14.4 Å². The second kappa shape index (κ2) is 7.34. The number of aryl methyl sites for hydroxylation is 1. The molecular weight excluding hydrogens is 374 g/mol. The van der Waals surface area contributed by atoms with Crippen molar-refractivity contribution in [2.75, 3.05) is 5.32 Å². The van der Waals surface area contributed by atoms with Crippen LogP contribution >= 0.6 is 0 Å². The van der Waals surface area contributed by atoms with Crippen molar-refractivity contribution in [3.63, 3.8) is 0 Å². The molecule has 0 bridgehead atoms. The van der Waals surface area contributed by atoms with Gasteiger partial charge in [0.15, 0.2) is 11.6 Å². The van der Waals surface area contributed by atoms with Crippen LogP contribution in [0.2, 0.25) is 0 Å². The Bertz CT molecular complexity index is 1250. The lowest BCUT2D eigenvalue weighted by atomic mass is 10.1. The van der Waals surface area contributed by atoms with Gasteiger partial charge in [-0.2, -0.15) is 4.98 Å². The minimum absolute atomic E-state index is 0.1000. The molecule has 0 saturated carbocycles. The minimum atomic E-state index is -0.391. The highest BCUT2D eigenvalue weighted by atomic mass is 16.5. The highest BCUT2D eigenvalue weighted by molar-refractivity contribution is 5.94. The van der Waals surface area contributed by atoms with E-state index in [0.717, 1.165) is 5.39 Å². The van der Waals surface area contributed by atoms with Gasteiger partial charge in [0.1, 0.15) is 12.3 Å². The molecule has 0 atom stereocenters. The van der Waals surface area contributed by atoms with Crippen LogP contribution in [-0.4, -0.2) is 25.8 Å². The van der Waals surface area contributed by atoms with Crippen molar-refractivity contribution in [3.8, 4) is 11.5 Å². The average molecular weight is 393 g/mol. The van der Waals surface area contributed by atoms with Gasteiger partial charge in [-0.15, -0.1) is 0 Å². The van der Waals surface area contributed by atoms with Crippen molar-refractivity contribution in [1.29, 1.82) is 0 Å². The fraction of sp³-hybridized carbons (Fsp3) is 0.250. The molecule has 0 spiro atoms.